The van der Waals surface area contributed by atoms with Gasteiger partial charge in [0.15, 0.2) is 0 Å². The molecule has 0 spiro atoms. The third-order valence-corrected chi connectivity index (χ3v) is 2.86. The third-order valence-electron chi connectivity index (χ3n) is 2.86. The Hall–Kier alpha value is -1.12. The number of cyclic esters (lactones) is 2. The van der Waals surface area contributed by atoms with Crippen molar-refractivity contribution in [1.29, 1.82) is 0 Å². The van der Waals surface area contributed by atoms with Crippen LogP contribution in [-0.2, 0) is 14.3 Å². The predicted octanol–water partition coefficient (Wildman–Crippen LogP) is 2.60. The largest absolute Gasteiger partial charge is 0.392 e. The number of carbonyl (C=O) groups is 2. The van der Waals surface area contributed by atoms with Crippen molar-refractivity contribution in [3.05, 3.63) is 12.2 Å². The molecule has 0 amide bonds. The topological polar surface area (TPSA) is 43.4 Å². The van der Waals surface area contributed by atoms with E-state index in [0.717, 1.165) is 19.3 Å². The summed E-state index contributed by atoms with van der Waals surface area (Å²) >= 11 is 0. The second-order valence-electron chi connectivity index (χ2n) is 3.99. The maximum Gasteiger partial charge on any atom is 0.324 e. The molecule has 1 atom stereocenters. The quantitative estimate of drug-likeness (QED) is 0.303. The van der Waals surface area contributed by atoms with Crippen LogP contribution < -0.4 is 0 Å². The van der Waals surface area contributed by atoms with E-state index in [2.05, 4.69) is 11.7 Å². The third kappa shape index (κ3) is 2.67. The van der Waals surface area contributed by atoms with Crippen LogP contribution >= 0.6 is 0 Å². The first-order valence-corrected chi connectivity index (χ1v) is 5.57. The molecule has 0 radical (unpaired) electrons. The molecule has 3 nitrogen and oxygen atoms in total. The maximum absolute atomic E-state index is 11.5. The summed E-state index contributed by atoms with van der Waals surface area (Å²) in [5.41, 5.74) is -0.676. The molecule has 1 aliphatic rings. The number of carbonyl (C=O) groups excluding carboxylic acids is 2. The highest BCUT2D eigenvalue weighted by molar-refractivity contribution is 5.98. The fourth-order valence-electron chi connectivity index (χ4n) is 1.72. The van der Waals surface area contributed by atoms with E-state index < -0.39 is 11.4 Å². The molecular weight excluding hydrogens is 192 g/mol. The van der Waals surface area contributed by atoms with Crippen molar-refractivity contribution >= 4 is 11.9 Å². The Labute approximate surface area is 90.5 Å². The molecular formula is C12H18O3. The number of esters is 2. The van der Waals surface area contributed by atoms with E-state index in [1.54, 1.807) is 0 Å². The first-order chi connectivity index (χ1) is 7.14. The minimum atomic E-state index is -0.676. The number of allylic oxidation sites excluding steroid dienone is 1. The van der Waals surface area contributed by atoms with Crippen LogP contribution in [0.4, 0.5) is 0 Å². The van der Waals surface area contributed by atoms with Crippen molar-refractivity contribution in [3.8, 4) is 0 Å². The van der Waals surface area contributed by atoms with Gasteiger partial charge in [0.2, 0.25) is 0 Å². The lowest BCUT2D eigenvalue weighted by molar-refractivity contribution is -0.154. The van der Waals surface area contributed by atoms with Crippen molar-refractivity contribution in [2.45, 2.75) is 46.0 Å². The normalized spacial score (nSPS) is 26.3. The minimum absolute atomic E-state index is 0.199. The van der Waals surface area contributed by atoms with Crippen molar-refractivity contribution in [3.63, 3.8) is 0 Å². The molecule has 15 heavy (non-hydrogen) atoms. The Morgan fingerprint density at radius 1 is 1.40 bits per heavy atom. The zero-order valence-corrected chi connectivity index (χ0v) is 9.41. The Balaban J connectivity index is 2.65. The molecule has 0 saturated carbocycles. The maximum atomic E-state index is 11.5. The van der Waals surface area contributed by atoms with Gasteiger partial charge in [0.25, 0.3) is 0 Å². The van der Waals surface area contributed by atoms with Crippen LogP contribution in [0, 0.1) is 5.41 Å². The summed E-state index contributed by atoms with van der Waals surface area (Å²) in [4.78, 5) is 22.5. The highest BCUT2D eigenvalue weighted by Gasteiger charge is 2.45. The summed E-state index contributed by atoms with van der Waals surface area (Å²) < 4.78 is 4.60. The molecule has 1 unspecified atom stereocenters. The highest BCUT2D eigenvalue weighted by Crippen LogP contribution is 2.36. The van der Waals surface area contributed by atoms with E-state index in [1.807, 2.05) is 19.1 Å². The molecule has 1 saturated heterocycles. The van der Waals surface area contributed by atoms with Gasteiger partial charge in [-0.25, -0.2) is 0 Å². The van der Waals surface area contributed by atoms with Crippen LogP contribution in [0.25, 0.3) is 0 Å². The van der Waals surface area contributed by atoms with Crippen LogP contribution in [0.2, 0.25) is 0 Å². The number of rotatable bonds is 5. The molecule has 0 aromatic heterocycles. The summed E-state index contributed by atoms with van der Waals surface area (Å²) in [5.74, 6) is -0.787. The van der Waals surface area contributed by atoms with Crippen molar-refractivity contribution in [1.82, 2.24) is 0 Å². The average Bonchev–Trinajstić information content (AvgIpc) is 2.49. The van der Waals surface area contributed by atoms with Gasteiger partial charge in [0.05, 0.1) is 11.8 Å². The Morgan fingerprint density at radius 3 is 2.60 bits per heavy atom. The number of unbranched alkanes of at least 4 members (excludes halogenated alkanes) is 2. The molecule has 0 bridgehead atoms. The Morgan fingerprint density at radius 2 is 2.13 bits per heavy atom. The SMILES string of the molecule is CCCCC=CC1(CC)CC(=O)OC1=O. The average molecular weight is 210 g/mol. The second-order valence-corrected chi connectivity index (χ2v) is 3.99. The van der Waals surface area contributed by atoms with Crippen molar-refractivity contribution in [2.24, 2.45) is 5.41 Å². The lowest BCUT2D eigenvalue weighted by atomic mass is 9.83. The lowest BCUT2D eigenvalue weighted by Gasteiger charge is -2.16. The fourth-order valence-corrected chi connectivity index (χ4v) is 1.72. The highest BCUT2D eigenvalue weighted by atomic mass is 16.6. The first-order valence-electron chi connectivity index (χ1n) is 5.57. The summed E-state index contributed by atoms with van der Waals surface area (Å²) in [6.07, 6.45) is 7.87. The lowest BCUT2D eigenvalue weighted by Crippen LogP contribution is -2.22. The zero-order valence-electron chi connectivity index (χ0n) is 9.41. The van der Waals surface area contributed by atoms with E-state index in [4.69, 9.17) is 0 Å². The fraction of sp³-hybridized carbons (Fsp3) is 0.667. The zero-order chi connectivity index (χ0) is 11.3. The van der Waals surface area contributed by atoms with Gasteiger partial charge in [-0.15, -0.1) is 0 Å². The number of hydrogen-bond donors (Lipinski definition) is 0. The first kappa shape index (κ1) is 12.0. The van der Waals surface area contributed by atoms with Crippen LogP contribution in [0.15, 0.2) is 12.2 Å². The summed E-state index contributed by atoms with van der Waals surface area (Å²) in [7, 11) is 0. The van der Waals surface area contributed by atoms with Gasteiger partial charge >= 0.3 is 11.9 Å². The van der Waals surface area contributed by atoms with E-state index in [1.165, 1.54) is 0 Å². The Bertz CT molecular complexity index is 281. The molecule has 0 aromatic carbocycles. The standard InChI is InChI=1S/C12H18O3/c1-3-5-6-7-8-12(4-2)9-10(13)15-11(12)14/h7-8H,3-6,9H2,1-2H3. The predicted molar refractivity (Wildman–Crippen MR) is 57.1 cm³/mol. The Kier molecular flexibility index (Phi) is 4.06. The van der Waals surface area contributed by atoms with E-state index in [9.17, 15) is 9.59 Å². The molecule has 0 aromatic rings. The second kappa shape index (κ2) is 5.10. The van der Waals surface area contributed by atoms with E-state index in [-0.39, 0.29) is 12.4 Å². The van der Waals surface area contributed by atoms with Gasteiger partial charge in [-0.2, -0.15) is 0 Å². The molecule has 1 rings (SSSR count). The van der Waals surface area contributed by atoms with Crippen molar-refractivity contribution < 1.29 is 14.3 Å². The molecule has 0 aliphatic carbocycles. The molecule has 1 heterocycles. The number of ether oxygens (including phenoxy) is 1. The number of hydrogen-bond acceptors (Lipinski definition) is 3. The molecule has 0 N–H and O–H groups in total. The summed E-state index contributed by atoms with van der Waals surface area (Å²) in [6, 6.07) is 0. The van der Waals surface area contributed by atoms with E-state index in [0.29, 0.717) is 6.42 Å². The van der Waals surface area contributed by atoms with Gasteiger partial charge in [-0.05, 0) is 12.8 Å². The van der Waals surface area contributed by atoms with Crippen LogP contribution in [0.1, 0.15) is 46.0 Å². The monoisotopic (exact) mass is 210 g/mol. The molecule has 3 heteroatoms. The van der Waals surface area contributed by atoms with E-state index >= 15 is 0 Å². The van der Waals surface area contributed by atoms with Crippen LogP contribution in [0.3, 0.4) is 0 Å². The minimum Gasteiger partial charge on any atom is -0.392 e. The van der Waals surface area contributed by atoms with Gasteiger partial charge < -0.3 is 4.74 Å². The van der Waals surface area contributed by atoms with Crippen molar-refractivity contribution in [2.75, 3.05) is 0 Å². The molecule has 1 aliphatic heterocycles. The van der Waals surface area contributed by atoms with Gasteiger partial charge in [-0.3, -0.25) is 9.59 Å². The van der Waals surface area contributed by atoms with Gasteiger partial charge in [0.1, 0.15) is 0 Å². The molecule has 84 valence electrons. The molecule has 1 fully saturated rings. The van der Waals surface area contributed by atoms with Crippen LogP contribution in [-0.4, -0.2) is 11.9 Å². The van der Waals surface area contributed by atoms with Gasteiger partial charge in [0, 0.05) is 0 Å². The van der Waals surface area contributed by atoms with Gasteiger partial charge in [-0.1, -0.05) is 38.8 Å². The smallest absolute Gasteiger partial charge is 0.324 e. The summed E-state index contributed by atoms with van der Waals surface area (Å²) in [5, 5.41) is 0. The van der Waals surface area contributed by atoms with Crippen LogP contribution in [0.5, 0.6) is 0 Å². The summed E-state index contributed by atoms with van der Waals surface area (Å²) in [6.45, 7) is 4.03.